The zero-order chi connectivity index (χ0) is 14.9. The van der Waals surface area contributed by atoms with Crippen LogP contribution >= 0.6 is 0 Å². The van der Waals surface area contributed by atoms with Crippen molar-refractivity contribution in [1.82, 2.24) is 4.90 Å². The van der Waals surface area contributed by atoms with Crippen molar-refractivity contribution in [2.75, 3.05) is 18.9 Å². The molecule has 0 fully saturated rings. The third-order valence-electron chi connectivity index (χ3n) is 4.09. The van der Waals surface area contributed by atoms with Gasteiger partial charge in [0.25, 0.3) is 5.91 Å². The molecule has 1 N–H and O–H groups in total. The summed E-state index contributed by atoms with van der Waals surface area (Å²) >= 11 is 0. The fourth-order valence-corrected chi connectivity index (χ4v) is 2.25. The summed E-state index contributed by atoms with van der Waals surface area (Å²) in [4.78, 5) is 14.3. The Morgan fingerprint density at radius 2 is 2.05 bits per heavy atom. The van der Waals surface area contributed by atoms with Gasteiger partial charge in [-0.05, 0) is 24.5 Å². The molecule has 0 spiro atoms. The van der Waals surface area contributed by atoms with Crippen LogP contribution in [0.15, 0.2) is 24.3 Å². The van der Waals surface area contributed by atoms with Gasteiger partial charge in [0.15, 0.2) is 6.10 Å². The number of hydrogen-bond acceptors (Lipinski definition) is 3. The molecule has 1 aromatic rings. The minimum atomic E-state index is -0.459. The van der Waals surface area contributed by atoms with E-state index >= 15 is 0 Å². The van der Waals surface area contributed by atoms with Crippen molar-refractivity contribution in [3.8, 4) is 5.75 Å². The predicted octanol–water partition coefficient (Wildman–Crippen LogP) is 2.75. The van der Waals surface area contributed by atoms with Crippen LogP contribution in [-0.4, -0.2) is 36.5 Å². The van der Waals surface area contributed by atoms with Crippen LogP contribution in [0.5, 0.6) is 5.75 Å². The van der Waals surface area contributed by atoms with Gasteiger partial charge >= 0.3 is 0 Å². The van der Waals surface area contributed by atoms with Gasteiger partial charge in [-0.25, -0.2) is 0 Å². The summed E-state index contributed by atoms with van der Waals surface area (Å²) in [7, 11) is 1.85. The average molecular weight is 276 g/mol. The monoisotopic (exact) mass is 276 g/mol. The Labute approximate surface area is 121 Å². The zero-order valence-corrected chi connectivity index (χ0v) is 12.9. The van der Waals surface area contributed by atoms with E-state index in [4.69, 9.17) is 4.74 Å². The summed E-state index contributed by atoms with van der Waals surface area (Å²) in [6, 6.07) is 7.85. The number of nitrogens with zero attached hydrogens (tertiary/aromatic N) is 1. The van der Waals surface area contributed by atoms with E-state index in [2.05, 4.69) is 33.0 Å². The molecule has 1 amide bonds. The maximum Gasteiger partial charge on any atom is 0.265 e. The van der Waals surface area contributed by atoms with Crippen molar-refractivity contribution >= 4 is 11.6 Å². The average Bonchev–Trinajstić information content (AvgIpc) is 2.43. The first kappa shape index (κ1) is 14.7. The molecule has 2 unspecified atom stereocenters. The van der Waals surface area contributed by atoms with Crippen molar-refractivity contribution in [2.24, 2.45) is 5.41 Å². The number of likely N-dealkylation sites (N-methyl/N-ethyl adjacent to an activating group) is 1. The first-order chi connectivity index (χ1) is 9.30. The lowest BCUT2D eigenvalue weighted by molar-refractivity contribution is -0.140. The lowest BCUT2D eigenvalue weighted by Gasteiger charge is -2.38. The van der Waals surface area contributed by atoms with E-state index in [-0.39, 0.29) is 17.4 Å². The smallest absolute Gasteiger partial charge is 0.265 e. The van der Waals surface area contributed by atoms with E-state index < -0.39 is 6.10 Å². The van der Waals surface area contributed by atoms with Crippen LogP contribution < -0.4 is 10.1 Å². The molecule has 1 heterocycles. The van der Waals surface area contributed by atoms with Gasteiger partial charge in [-0.2, -0.15) is 0 Å². The lowest BCUT2D eigenvalue weighted by Crippen LogP contribution is -2.51. The first-order valence-corrected chi connectivity index (χ1v) is 7.07. The number of benzene rings is 1. The second-order valence-corrected chi connectivity index (χ2v) is 6.47. The minimum absolute atomic E-state index is 0.0226. The minimum Gasteiger partial charge on any atom is -0.477 e. The summed E-state index contributed by atoms with van der Waals surface area (Å²) in [6.45, 7) is 8.99. The van der Waals surface area contributed by atoms with Gasteiger partial charge in [-0.3, -0.25) is 4.79 Å². The van der Waals surface area contributed by atoms with Crippen LogP contribution in [0.1, 0.15) is 27.7 Å². The molecule has 1 aromatic carbocycles. The summed E-state index contributed by atoms with van der Waals surface area (Å²) in [5.74, 6) is 0.767. The second-order valence-electron chi connectivity index (χ2n) is 6.47. The highest BCUT2D eigenvalue weighted by molar-refractivity contribution is 5.83. The Morgan fingerprint density at radius 1 is 1.40 bits per heavy atom. The summed E-state index contributed by atoms with van der Waals surface area (Å²) in [5.41, 5.74) is 0.993. The maximum absolute atomic E-state index is 12.6. The number of rotatable bonds is 2. The fourth-order valence-electron chi connectivity index (χ4n) is 2.25. The molecule has 0 saturated carbocycles. The molecule has 1 aliphatic rings. The van der Waals surface area contributed by atoms with Crippen LogP contribution in [0.3, 0.4) is 0 Å². The number of carbonyl (C=O) groups excluding carboxylic acids is 1. The molecule has 0 bridgehead atoms. The fraction of sp³-hybridized carbons (Fsp3) is 0.562. The number of nitrogens with one attached hydrogen (secondary N) is 1. The third kappa shape index (κ3) is 2.89. The number of para-hydroxylation sites is 2. The molecule has 0 aliphatic carbocycles. The molecule has 2 rings (SSSR count). The molecule has 110 valence electrons. The third-order valence-corrected chi connectivity index (χ3v) is 4.09. The normalized spacial score (nSPS) is 19.4. The van der Waals surface area contributed by atoms with Crippen molar-refractivity contribution in [3.63, 3.8) is 0 Å². The van der Waals surface area contributed by atoms with Gasteiger partial charge in [0.2, 0.25) is 0 Å². The van der Waals surface area contributed by atoms with E-state index in [0.717, 1.165) is 11.4 Å². The van der Waals surface area contributed by atoms with Crippen LogP contribution in [0.2, 0.25) is 0 Å². The Morgan fingerprint density at radius 3 is 2.70 bits per heavy atom. The van der Waals surface area contributed by atoms with Crippen LogP contribution in [0.4, 0.5) is 5.69 Å². The highest BCUT2D eigenvalue weighted by atomic mass is 16.5. The van der Waals surface area contributed by atoms with Crippen molar-refractivity contribution in [1.29, 1.82) is 0 Å². The largest absolute Gasteiger partial charge is 0.477 e. The molecule has 1 aliphatic heterocycles. The van der Waals surface area contributed by atoms with Crippen LogP contribution in [0.25, 0.3) is 0 Å². The maximum atomic E-state index is 12.6. The molecule has 20 heavy (non-hydrogen) atoms. The van der Waals surface area contributed by atoms with E-state index in [1.807, 2.05) is 31.3 Å². The molecular formula is C16H24N2O2. The molecule has 0 aromatic heterocycles. The highest BCUT2D eigenvalue weighted by Crippen LogP contribution is 2.29. The Hall–Kier alpha value is -1.71. The van der Waals surface area contributed by atoms with E-state index in [0.29, 0.717) is 6.54 Å². The molecule has 2 atom stereocenters. The van der Waals surface area contributed by atoms with Crippen molar-refractivity contribution in [3.05, 3.63) is 24.3 Å². The van der Waals surface area contributed by atoms with E-state index in [1.165, 1.54) is 0 Å². The number of fused-ring (bicyclic) bond motifs is 1. The van der Waals surface area contributed by atoms with Crippen LogP contribution in [0, 0.1) is 5.41 Å². The number of carbonyl (C=O) groups is 1. The number of hydrogen-bond donors (Lipinski definition) is 1. The SMILES string of the molecule is CC(N(C)C(=O)C1CNc2ccccc2O1)C(C)(C)C. The van der Waals surface area contributed by atoms with E-state index in [9.17, 15) is 4.79 Å². The molecule has 0 radical (unpaired) electrons. The topological polar surface area (TPSA) is 41.6 Å². The quantitative estimate of drug-likeness (QED) is 0.903. The van der Waals surface area contributed by atoms with Gasteiger partial charge < -0.3 is 15.0 Å². The van der Waals surface area contributed by atoms with Gasteiger partial charge in [0.1, 0.15) is 5.75 Å². The summed E-state index contributed by atoms with van der Waals surface area (Å²) in [6.07, 6.45) is -0.459. The number of amides is 1. The van der Waals surface area contributed by atoms with Gasteiger partial charge in [0, 0.05) is 13.1 Å². The van der Waals surface area contributed by atoms with Gasteiger partial charge in [0.05, 0.1) is 12.2 Å². The standard InChI is InChI=1S/C16H24N2O2/c1-11(16(2,3)4)18(5)15(19)14-10-17-12-8-6-7-9-13(12)20-14/h6-9,11,14,17H,10H2,1-5H3. The first-order valence-electron chi connectivity index (χ1n) is 7.07. The lowest BCUT2D eigenvalue weighted by atomic mass is 9.87. The van der Waals surface area contributed by atoms with Gasteiger partial charge in [-0.1, -0.05) is 32.9 Å². The second kappa shape index (κ2) is 5.35. The number of ether oxygens (including phenoxy) is 1. The van der Waals surface area contributed by atoms with E-state index in [1.54, 1.807) is 4.90 Å². The molecule has 0 saturated heterocycles. The Kier molecular flexibility index (Phi) is 3.93. The highest BCUT2D eigenvalue weighted by Gasteiger charge is 2.33. The zero-order valence-electron chi connectivity index (χ0n) is 12.9. The molecule has 4 heteroatoms. The Bertz CT molecular complexity index is 493. The summed E-state index contributed by atoms with van der Waals surface area (Å²) in [5, 5.41) is 3.25. The number of anilines is 1. The van der Waals surface area contributed by atoms with Gasteiger partial charge in [-0.15, -0.1) is 0 Å². The van der Waals surface area contributed by atoms with Crippen molar-refractivity contribution in [2.45, 2.75) is 39.8 Å². The Balaban J connectivity index is 2.08. The molecule has 4 nitrogen and oxygen atoms in total. The predicted molar refractivity (Wildman–Crippen MR) is 81.0 cm³/mol. The summed E-state index contributed by atoms with van der Waals surface area (Å²) < 4.78 is 5.82. The molecular weight excluding hydrogens is 252 g/mol. The van der Waals surface area contributed by atoms with Crippen molar-refractivity contribution < 1.29 is 9.53 Å². The van der Waals surface area contributed by atoms with Crippen LogP contribution in [-0.2, 0) is 4.79 Å².